The number of carbonyl (C=O) groups excluding carboxylic acids is 2. The molecule has 6 rings (SSSR count). The van der Waals surface area contributed by atoms with Gasteiger partial charge in [-0.25, -0.2) is 8.78 Å². The average Bonchev–Trinajstić information content (AvgIpc) is 3.24. The molecule has 1 N–H and O–H groups in total. The fourth-order valence-corrected chi connectivity index (χ4v) is 6.21. The molecule has 2 aliphatic heterocycles. The molecule has 7 heteroatoms. The molecule has 2 amide bonds. The monoisotopic (exact) mass is 463 g/mol. The highest BCUT2D eigenvalue weighted by molar-refractivity contribution is 5.92. The summed E-state index contributed by atoms with van der Waals surface area (Å²) >= 11 is 0. The first-order valence-corrected chi connectivity index (χ1v) is 12.2. The van der Waals surface area contributed by atoms with Gasteiger partial charge in [-0.15, -0.1) is 0 Å². The molecule has 1 aliphatic carbocycles. The Balaban J connectivity index is 1.46. The highest BCUT2D eigenvalue weighted by Crippen LogP contribution is 2.43. The minimum atomic E-state index is -1.28. The molecule has 2 aromatic carbocycles. The molecule has 2 fully saturated rings. The Morgan fingerprint density at radius 3 is 2.47 bits per heavy atom. The predicted molar refractivity (Wildman–Crippen MR) is 124 cm³/mol. The van der Waals surface area contributed by atoms with Gasteiger partial charge < -0.3 is 14.8 Å². The van der Waals surface area contributed by atoms with Gasteiger partial charge in [0, 0.05) is 35.6 Å². The number of benzene rings is 2. The van der Waals surface area contributed by atoms with Crippen molar-refractivity contribution in [2.45, 2.75) is 50.6 Å². The molecule has 0 radical (unpaired) electrons. The summed E-state index contributed by atoms with van der Waals surface area (Å²) in [4.78, 5) is 34.3. The van der Waals surface area contributed by atoms with Gasteiger partial charge in [0.25, 0.3) is 5.91 Å². The summed E-state index contributed by atoms with van der Waals surface area (Å²) in [5.74, 6) is -2.36. The number of hydrogen-bond acceptors (Lipinski definition) is 2. The van der Waals surface area contributed by atoms with E-state index < -0.39 is 23.6 Å². The molecule has 1 saturated carbocycles. The van der Waals surface area contributed by atoms with E-state index in [-0.39, 0.29) is 30.0 Å². The topological polar surface area (TPSA) is 56.4 Å². The summed E-state index contributed by atoms with van der Waals surface area (Å²) in [6.07, 6.45) is 5.16. The Hall–Kier alpha value is -3.22. The number of piperazine rings is 1. The number of amides is 2. The molecule has 0 spiro atoms. The predicted octanol–water partition coefficient (Wildman–Crippen LogP) is 5.04. The summed E-state index contributed by atoms with van der Waals surface area (Å²) < 4.78 is 29.9. The zero-order valence-electron chi connectivity index (χ0n) is 18.9. The molecule has 5 nitrogen and oxygen atoms in total. The van der Waals surface area contributed by atoms with E-state index in [1.165, 1.54) is 11.0 Å². The molecule has 3 aliphatic rings. The van der Waals surface area contributed by atoms with Crippen LogP contribution in [0.1, 0.15) is 61.0 Å². The lowest BCUT2D eigenvalue weighted by Gasteiger charge is -2.48. The third kappa shape index (κ3) is 3.24. The zero-order chi connectivity index (χ0) is 23.4. The number of hydrogen-bond donors (Lipinski definition) is 1. The Kier molecular flexibility index (Phi) is 5.15. The smallest absolute Gasteiger partial charge is 0.250 e. The Morgan fingerprint density at radius 2 is 1.71 bits per heavy atom. The second kappa shape index (κ2) is 8.22. The maximum atomic E-state index is 14.9. The van der Waals surface area contributed by atoms with Crippen LogP contribution in [0.15, 0.2) is 42.5 Å². The minimum absolute atomic E-state index is 0.163. The van der Waals surface area contributed by atoms with Crippen LogP contribution in [-0.2, 0) is 16.0 Å². The number of para-hydroxylation sites is 1. The van der Waals surface area contributed by atoms with Gasteiger partial charge in [0.2, 0.25) is 5.91 Å². The number of aromatic nitrogens is 1. The van der Waals surface area contributed by atoms with E-state index in [1.807, 2.05) is 18.2 Å². The van der Waals surface area contributed by atoms with Gasteiger partial charge in [0.05, 0.1) is 11.6 Å². The quantitative estimate of drug-likeness (QED) is 0.579. The van der Waals surface area contributed by atoms with Crippen LogP contribution in [0.2, 0.25) is 0 Å². The van der Waals surface area contributed by atoms with Crippen LogP contribution in [0.25, 0.3) is 10.9 Å². The van der Waals surface area contributed by atoms with Crippen molar-refractivity contribution < 1.29 is 18.4 Å². The largest absolute Gasteiger partial charge is 0.356 e. The van der Waals surface area contributed by atoms with E-state index in [2.05, 4.69) is 11.1 Å². The molecule has 2 atom stereocenters. The average molecular weight is 464 g/mol. The Bertz CT molecular complexity index is 1260. The van der Waals surface area contributed by atoms with Crippen LogP contribution >= 0.6 is 0 Å². The molecule has 1 saturated heterocycles. The lowest BCUT2D eigenvalue weighted by atomic mass is 9.85. The van der Waals surface area contributed by atoms with Crippen molar-refractivity contribution in [1.29, 1.82) is 0 Å². The van der Waals surface area contributed by atoms with E-state index in [0.717, 1.165) is 66.4 Å². The second-order valence-electron chi connectivity index (χ2n) is 9.72. The first kappa shape index (κ1) is 21.3. The third-order valence-electron chi connectivity index (χ3n) is 7.87. The number of H-pyrrole nitrogens is 1. The van der Waals surface area contributed by atoms with Crippen LogP contribution in [0.5, 0.6) is 0 Å². The van der Waals surface area contributed by atoms with Gasteiger partial charge in [-0.1, -0.05) is 43.5 Å². The molecule has 0 bridgehead atoms. The Labute approximate surface area is 196 Å². The molecule has 2 unspecified atom stereocenters. The van der Waals surface area contributed by atoms with E-state index in [4.69, 9.17) is 0 Å². The van der Waals surface area contributed by atoms with Gasteiger partial charge in [-0.05, 0) is 43.0 Å². The lowest BCUT2D eigenvalue weighted by molar-refractivity contribution is -0.159. The maximum Gasteiger partial charge on any atom is 0.250 e. The van der Waals surface area contributed by atoms with Crippen molar-refractivity contribution in [3.63, 3.8) is 0 Å². The van der Waals surface area contributed by atoms with Gasteiger partial charge in [-0.2, -0.15) is 0 Å². The number of rotatable bonds is 2. The molecule has 34 heavy (non-hydrogen) atoms. The summed E-state index contributed by atoms with van der Waals surface area (Å²) in [7, 11) is 0. The first-order chi connectivity index (χ1) is 16.5. The van der Waals surface area contributed by atoms with E-state index >= 15 is 0 Å². The number of carbonyl (C=O) groups is 2. The van der Waals surface area contributed by atoms with Crippen LogP contribution in [0.4, 0.5) is 8.78 Å². The zero-order valence-corrected chi connectivity index (χ0v) is 18.9. The van der Waals surface area contributed by atoms with E-state index in [0.29, 0.717) is 13.0 Å². The van der Waals surface area contributed by atoms with Crippen molar-refractivity contribution in [2.75, 3.05) is 13.1 Å². The fraction of sp³-hybridized carbons (Fsp3) is 0.407. The van der Waals surface area contributed by atoms with Gasteiger partial charge in [0.1, 0.15) is 17.7 Å². The summed E-state index contributed by atoms with van der Waals surface area (Å²) in [5.41, 5.74) is 2.76. The molecule has 3 heterocycles. The number of halogens is 2. The maximum absolute atomic E-state index is 14.9. The number of nitrogens with zero attached hydrogens (tertiary/aromatic N) is 2. The van der Waals surface area contributed by atoms with Crippen molar-refractivity contribution in [3.8, 4) is 0 Å². The van der Waals surface area contributed by atoms with Crippen molar-refractivity contribution in [3.05, 3.63) is 70.9 Å². The summed E-state index contributed by atoms with van der Waals surface area (Å²) in [5, 5.41) is 1.12. The fourth-order valence-electron chi connectivity index (χ4n) is 6.21. The molecule has 3 aromatic rings. The minimum Gasteiger partial charge on any atom is -0.356 e. The van der Waals surface area contributed by atoms with Crippen LogP contribution in [0.3, 0.4) is 0 Å². The van der Waals surface area contributed by atoms with Crippen molar-refractivity contribution >= 4 is 22.7 Å². The second-order valence-corrected chi connectivity index (χ2v) is 9.72. The van der Waals surface area contributed by atoms with E-state index in [1.54, 1.807) is 4.90 Å². The van der Waals surface area contributed by atoms with Crippen LogP contribution in [0, 0.1) is 17.6 Å². The highest BCUT2D eigenvalue weighted by Gasteiger charge is 2.49. The SMILES string of the molecule is O=C1C(c2c(F)cccc2F)N(C(=O)C2CCCCC2)CC2c3[nH]c4ccccc4c3CCN12. The highest BCUT2D eigenvalue weighted by atomic mass is 19.1. The van der Waals surface area contributed by atoms with Gasteiger partial charge in [-0.3, -0.25) is 9.59 Å². The van der Waals surface area contributed by atoms with Gasteiger partial charge in [0.15, 0.2) is 0 Å². The van der Waals surface area contributed by atoms with Crippen molar-refractivity contribution in [2.24, 2.45) is 5.92 Å². The molecular weight excluding hydrogens is 436 g/mol. The van der Waals surface area contributed by atoms with Crippen molar-refractivity contribution in [1.82, 2.24) is 14.8 Å². The van der Waals surface area contributed by atoms with Crippen LogP contribution < -0.4 is 0 Å². The number of fused-ring (bicyclic) bond motifs is 5. The normalized spacial score (nSPS) is 23.2. The first-order valence-electron chi connectivity index (χ1n) is 12.2. The molecular formula is C27H27F2N3O2. The van der Waals surface area contributed by atoms with Crippen LogP contribution in [-0.4, -0.2) is 39.7 Å². The lowest BCUT2D eigenvalue weighted by Crippen LogP contribution is -2.58. The van der Waals surface area contributed by atoms with E-state index in [9.17, 15) is 18.4 Å². The molecule has 1 aromatic heterocycles. The summed E-state index contributed by atoms with van der Waals surface area (Å²) in [6.45, 7) is 0.676. The summed E-state index contributed by atoms with van der Waals surface area (Å²) in [6, 6.07) is 9.99. The van der Waals surface area contributed by atoms with Gasteiger partial charge >= 0.3 is 0 Å². The third-order valence-corrected chi connectivity index (χ3v) is 7.87. The Morgan fingerprint density at radius 1 is 0.971 bits per heavy atom. The number of aromatic amines is 1. The number of nitrogens with one attached hydrogen (secondary N) is 1. The standard InChI is InChI=1S/C27H27F2N3O2/c28-19-10-6-11-20(29)23(19)25-27(34)31-14-13-18-17-9-4-5-12-21(17)30-24(18)22(31)15-32(25)26(33)16-7-2-1-3-8-16/h4-6,9-12,16,22,25,30H,1-3,7-8,13-15H2. The molecule has 176 valence electrons.